The molecule has 0 fully saturated rings. The number of hydrogen-bond acceptors (Lipinski definition) is 4. The van der Waals surface area contributed by atoms with Crippen LogP contribution in [0.2, 0.25) is 5.02 Å². The molecule has 0 aliphatic carbocycles. The number of alkyl halides is 3. The van der Waals surface area contributed by atoms with Gasteiger partial charge < -0.3 is 9.47 Å². The van der Waals surface area contributed by atoms with Crippen LogP contribution in [-0.4, -0.2) is 41.9 Å². The number of rotatable bonds is 3. The average Bonchev–Trinajstić information content (AvgIpc) is 3.13. The van der Waals surface area contributed by atoms with E-state index in [9.17, 15) is 18.0 Å². The third-order valence-corrected chi connectivity index (χ3v) is 4.40. The molecule has 1 aliphatic heterocycles. The highest BCUT2D eigenvalue weighted by molar-refractivity contribution is 6.30. The first-order valence-corrected chi connectivity index (χ1v) is 8.05. The first-order valence-electron chi connectivity index (χ1n) is 7.67. The molecule has 25 heavy (non-hydrogen) atoms. The lowest BCUT2D eigenvalue weighted by atomic mass is 10.1. The summed E-state index contributed by atoms with van der Waals surface area (Å²) in [7, 11) is 0. The number of aromatic nitrogens is 5. The van der Waals surface area contributed by atoms with Crippen molar-refractivity contribution >= 4 is 17.5 Å². The van der Waals surface area contributed by atoms with Gasteiger partial charge in [0, 0.05) is 19.3 Å². The van der Waals surface area contributed by atoms with Gasteiger partial charge in [-0.15, -0.1) is 10.2 Å². The Morgan fingerprint density at radius 3 is 2.72 bits per heavy atom. The molecule has 1 amide bonds. The minimum atomic E-state index is -4.57. The van der Waals surface area contributed by atoms with Crippen molar-refractivity contribution in [3.05, 3.63) is 29.1 Å². The molecule has 2 unspecified atom stereocenters. The first kappa shape index (κ1) is 17.7. The summed E-state index contributed by atoms with van der Waals surface area (Å²) in [6, 6.07) is -0.589. The van der Waals surface area contributed by atoms with Gasteiger partial charge >= 0.3 is 6.18 Å². The Morgan fingerprint density at radius 1 is 1.40 bits per heavy atom. The highest BCUT2D eigenvalue weighted by atomic mass is 35.5. The van der Waals surface area contributed by atoms with Crippen molar-refractivity contribution in [3.63, 3.8) is 0 Å². The molecule has 2 aromatic rings. The van der Waals surface area contributed by atoms with Crippen LogP contribution in [0.1, 0.15) is 31.5 Å². The molecule has 0 radical (unpaired) electrons. The molecule has 11 heteroatoms. The summed E-state index contributed by atoms with van der Waals surface area (Å²) in [4.78, 5) is 14.2. The number of amides is 1. The monoisotopic (exact) mass is 376 g/mol. The van der Waals surface area contributed by atoms with Crippen LogP contribution in [-0.2, 0) is 24.1 Å². The molecule has 0 saturated heterocycles. The predicted octanol–water partition coefficient (Wildman–Crippen LogP) is 2.39. The second-order valence-corrected chi connectivity index (χ2v) is 6.46. The molecule has 0 aromatic carbocycles. The van der Waals surface area contributed by atoms with Gasteiger partial charge in [0.05, 0.1) is 29.7 Å². The summed E-state index contributed by atoms with van der Waals surface area (Å²) in [6.07, 6.45) is -1.48. The van der Waals surface area contributed by atoms with Crippen LogP contribution in [0, 0.1) is 5.92 Å². The van der Waals surface area contributed by atoms with Gasteiger partial charge in [0.15, 0.2) is 5.82 Å². The summed E-state index contributed by atoms with van der Waals surface area (Å²) in [5.41, 5.74) is 0. The zero-order chi connectivity index (χ0) is 18.4. The molecule has 0 N–H and O–H groups in total. The quantitative estimate of drug-likeness (QED) is 0.824. The molecule has 1 aliphatic rings. The van der Waals surface area contributed by atoms with Crippen molar-refractivity contribution in [3.8, 4) is 0 Å². The van der Waals surface area contributed by atoms with Crippen molar-refractivity contribution in [2.45, 2.75) is 39.2 Å². The average molecular weight is 377 g/mol. The first-order chi connectivity index (χ1) is 11.7. The van der Waals surface area contributed by atoms with E-state index in [0.717, 1.165) is 4.57 Å². The Bertz CT molecular complexity index is 786. The molecule has 3 heterocycles. The number of hydrogen-bond donors (Lipinski definition) is 0. The summed E-state index contributed by atoms with van der Waals surface area (Å²) >= 11 is 5.80. The van der Waals surface area contributed by atoms with Crippen LogP contribution >= 0.6 is 11.6 Å². The van der Waals surface area contributed by atoms with Crippen molar-refractivity contribution in [1.29, 1.82) is 0 Å². The van der Waals surface area contributed by atoms with Gasteiger partial charge in [0.1, 0.15) is 0 Å². The highest BCUT2D eigenvalue weighted by Crippen LogP contribution is 2.33. The molecule has 0 spiro atoms. The molecule has 0 bridgehead atoms. The minimum Gasteiger partial charge on any atom is -0.331 e. The van der Waals surface area contributed by atoms with Crippen molar-refractivity contribution in [2.24, 2.45) is 5.92 Å². The van der Waals surface area contributed by atoms with Crippen LogP contribution in [0.15, 0.2) is 12.4 Å². The van der Waals surface area contributed by atoms with Gasteiger partial charge in [0.25, 0.3) is 0 Å². The van der Waals surface area contributed by atoms with E-state index in [1.807, 2.05) is 0 Å². The number of carbonyl (C=O) groups excluding carboxylic acids is 1. The van der Waals surface area contributed by atoms with E-state index in [0.29, 0.717) is 11.6 Å². The van der Waals surface area contributed by atoms with Crippen LogP contribution in [0.25, 0.3) is 0 Å². The normalized spacial score (nSPS) is 19.0. The fourth-order valence-electron chi connectivity index (χ4n) is 2.98. The van der Waals surface area contributed by atoms with Crippen molar-refractivity contribution < 1.29 is 18.0 Å². The Hall–Kier alpha value is -2.10. The molecular formula is C14H16ClF3N6O. The zero-order valence-corrected chi connectivity index (χ0v) is 14.3. The predicted molar refractivity (Wildman–Crippen MR) is 81.6 cm³/mol. The maximum atomic E-state index is 12.9. The standard InChI is InChI=1S/C14H16ClF3N6O/c1-8(6-22-7-10(15)5-19-22)12(25)23-3-4-24-11(9(23)2)20-21-13(24)14(16,17)18/h5,7-9H,3-4,6H2,1-2H3. The Kier molecular flexibility index (Phi) is 4.48. The van der Waals surface area contributed by atoms with E-state index < -0.39 is 24.0 Å². The van der Waals surface area contributed by atoms with Gasteiger partial charge in [-0.1, -0.05) is 18.5 Å². The minimum absolute atomic E-state index is 0.00751. The van der Waals surface area contributed by atoms with Crippen LogP contribution in [0.4, 0.5) is 13.2 Å². The summed E-state index contributed by atoms with van der Waals surface area (Å²) in [5.74, 6) is -1.47. The Morgan fingerprint density at radius 2 is 2.12 bits per heavy atom. The number of fused-ring (bicyclic) bond motifs is 1. The molecule has 2 aromatic heterocycles. The van der Waals surface area contributed by atoms with E-state index in [4.69, 9.17) is 11.6 Å². The fourth-order valence-corrected chi connectivity index (χ4v) is 3.13. The van der Waals surface area contributed by atoms with E-state index >= 15 is 0 Å². The van der Waals surface area contributed by atoms with Crippen LogP contribution < -0.4 is 0 Å². The molecule has 7 nitrogen and oxygen atoms in total. The zero-order valence-electron chi connectivity index (χ0n) is 13.5. The van der Waals surface area contributed by atoms with Crippen LogP contribution in [0.5, 0.6) is 0 Å². The lowest BCUT2D eigenvalue weighted by Gasteiger charge is -2.35. The molecular weight excluding hydrogens is 361 g/mol. The van der Waals surface area contributed by atoms with Crippen molar-refractivity contribution in [2.75, 3.05) is 6.54 Å². The second kappa shape index (κ2) is 6.32. The third kappa shape index (κ3) is 3.35. The maximum Gasteiger partial charge on any atom is 0.451 e. The number of nitrogens with zero attached hydrogens (tertiary/aromatic N) is 6. The van der Waals surface area contributed by atoms with E-state index in [-0.39, 0.29) is 24.8 Å². The van der Waals surface area contributed by atoms with Gasteiger partial charge in [0.2, 0.25) is 11.7 Å². The van der Waals surface area contributed by atoms with Crippen LogP contribution in [0.3, 0.4) is 0 Å². The fraction of sp³-hybridized carbons (Fsp3) is 0.571. The number of carbonyl (C=O) groups is 1. The Balaban J connectivity index is 1.76. The summed E-state index contributed by atoms with van der Waals surface area (Å²) < 4.78 is 41.4. The lowest BCUT2D eigenvalue weighted by molar-refractivity contribution is -0.148. The smallest absolute Gasteiger partial charge is 0.331 e. The summed E-state index contributed by atoms with van der Waals surface area (Å²) in [5, 5.41) is 11.4. The second-order valence-electron chi connectivity index (χ2n) is 6.02. The largest absolute Gasteiger partial charge is 0.451 e. The maximum absolute atomic E-state index is 12.9. The topological polar surface area (TPSA) is 68.8 Å². The molecule has 0 saturated carbocycles. The Labute approximate surface area is 146 Å². The number of halogens is 4. The molecule has 2 atom stereocenters. The summed E-state index contributed by atoms with van der Waals surface area (Å²) in [6.45, 7) is 3.89. The molecule has 3 rings (SSSR count). The van der Waals surface area contributed by atoms with Gasteiger partial charge in [-0.05, 0) is 6.92 Å². The van der Waals surface area contributed by atoms with Gasteiger partial charge in [-0.25, -0.2) is 0 Å². The SMILES string of the molecule is CC(Cn1cc(Cl)cn1)C(=O)N1CCn2c(nnc2C(F)(F)F)C1C. The lowest BCUT2D eigenvalue weighted by Crippen LogP contribution is -2.44. The van der Waals surface area contributed by atoms with Gasteiger partial charge in [-0.2, -0.15) is 18.3 Å². The van der Waals surface area contributed by atoms with E-state index in [1.54, 1.807) is 24.7 Å². The van der Waals surface area contributed by atoms with E-state index in [2.05, 4.69) is 15.3 Å². The molecule has 136 valence electrons. The highest BCUT2D eigenvalue weighted by Gasteiger charge is 2.42. The van der Waals surface area contributed by atoms with Gasteiger partial charge in [-0.3, -0.25) is 9.48 Å². The third-order valence-electron chi connectivity index (χ3n) is 4.21. The van der Waals surface area contributed by atoms with Crippen molar-refractivity contribution in [1.82, 2.24) is 29.4 Å². The van der Waals surface area contributed by atoms with E-state index in [1.165, 1.54) is 11.1 Å².